The molecule has 2 aliphatic rings. The summed E-state index contributed by atoms with van der Waals surface area (Å²) in [5.74, 6) is 0.593. The van der Waals surface area contributed by atoms with Crippen LogP contribution in [-0.4, -0.2) is 17.7 Å². The van der Waals surface area contributed by atoms with Gasteiger partial charge in [0.25, 0.3) is 5.56 Å². The quantitative estimate of drug-likeness (QED) is 0.742. The smallest absolute Gasteiger partial charge is 0.250 e. The van der Waals surface area contributed by atoms with Crippen LogP contribution in [0.1, 0.15) is 22.9 Å². The van der Waals surface area contributed by atoms with Gasteiger partial charge in [-0.25, -0.2) is 4.39 Å². The molecule has 0 spiro atoms. The molecule has 0 amide bonds. The molecule has 1 aromatic carbocycles. The Morgan fingerprint density at radius 2 is 1.96 bits per heavy atom. The molecule has 5 rings (SSSR count). The largest absolute Gasteiger partial charge is 0.330 e. The van der Waals surface area contributed by atoms with E-state index in [0.29, 0.717) is 17.4 Å². The predicted molar refractivity (Wildman–Crippen MR) is 106 cm³/mol. The fourth-order valence-electron chi connectivity index (χ4n) is 4.95. The molecule has 3 atom stereocenters. The van der Waals surface area contributed by atoms with Gasteiger partial charge in [0.15, 0.2) is 0 Å². The van der Waals surface area contributed by atoms with Crippen LogP contribution in [0.4, 0.5) is 4.39 Å². The fourth-order valence-corrected chi connectivity index (χ4v) is 5.73. The van der Waals surface area contributed by atoms with Crippen LogP contribution in [0.5, 0.6) is 0 Å². The van der Waals surface area contributed by atoms with Crippen molar-refractivity contribution < 1.29 is 9.29 Å². The molecule has 0 aliphatic carbocycles. The number of likely N-dealkylation sites (tertiary alicyclic amines) is 1. The van der Waals surface area contributed by atoms with Gasteiger partial charge in [0.1, 0.15) is 12.4 Å². The first kappa shape index (κ1) is 16.9. The number of pyridine rings is 1. The van der Waals surface area contributed by atoms with Gasteiger partial charge in [0, 0.05) is 41.3 Å². The molecule has 0 radical (unpaired) electrons. The second kappa shape index (κ2) is 6.73. The fraction of sp³-hybridized carbons (Fsp3) is 0.318. The Hall–Kier alpha value is -2.24. The summed E-state index contributed by atoms with van der Waals surface area (Å²) in [5, 5.41) is 2.13. The summed E-state index contributed by atoms with van der Waals surface area (Å²) >= 11 is 1.81. The second-order valence-corrected chi connectivity index (χ2v) is 8.81. The van der Waals surface area contributed by atoms with Gasteiger partial charge in [-0.1, -0.05) is 24.3 Å². The molecule has 3 nitrogen and oxygen atoms in total. The van der Waals surface area contributed by atoms with E-state index in [1.165, 1.54) is 10.9 Å². The molecule has 1 saturated heterocycles. The lowest BCUT2D eigenvalue weighted by atomic mass is 9.80. The van der Waals surface area contributed by atoms with Gasteiger partial charge in [-0.3, -0.25) is 4.79 Å². The zero-order chi connectivity index (χ0) is 18.4. The number of quaternary nitrogens is 1. The van der Waals surface area contributed by atoms with Gasteiger partial charge in [0.2, 0.25) is 0 Å². The maximum Gasteiger partial charge on any atom is 0.250 e. The number of piperidine rings is 1. The topological polar surface area (TPSA) is 26.4 Å². The van der Waals surface area contributed by atoms with Crippen molar-refractivity contribution in [3.05, 3.63) is 80.7 Å². The maximum absolute atomic E-state index is 14.5. The Bertz CT molecular complexity index is 1030. The van der Waals surface area contributed by atoms with Gasteiger partial charge >= 0.3 is 0 Å². The van der Waals surface area contributed by atoms with Crippen LogP contribution in [0.25, 0.3) is 11.1 Å². The molecular weight excluding hydrogens is 359 g/mol. The summed E-state index contributed by atoms with van der Waals surface area (Å²) in [6, 6.07) is 14.6. The Morgan fingerprint density at radius 3 is 2.78 bits per heavy atom. The standard InChI is InChI=1S/C22H21FN2OS/c23-20-6-2-1-5-18(20)19-7-8-21(26)25-12-15-10-16(22(19)25)13-24(11-15)14-17-4-3-9-27-17/h1-9,15-16H,10-14H2/p+1/t15-,16+/m0/s1. The highest BCUT2D eigenvalue weighted by Crippen LogP contribution is 2.37. The summed E-state index contributed by atoms with van der Waals surface area (Å²) < 4.78 is 16.4. The molecule has 1 fully saturated rings. The minimum absolute atomic E-state index is 0.0431. The Kier molecular flexibility index (Phi) is 4.21. The molecule has 1 unspecified atom stereocenters. The number of fused-ring (bicyclic) bond motifs is 4. The second-order valence-electron chi connectivity index (χ2n) is 7.77. The summed E-state index contributed by atoms with van der Waals surface area (Å²) in [7, 11) is 0. The highest BCUT2D eigenvalue weighted by molar-refractivity contribution is 7.09. The number of nitrogens with zero attached hydrogens (tertiary/aromatic N) is 1. The first-order chi connectivity index (χ1) is 13.2. The maximum atomic E-state index is 14.5. The zero-order valence-corrected chi connectivity index (χ0v) is 15.8. The van der Waals surface area contributed by atoms with Crippen molar-refractivity contribution in [1.82, 2.24) is 4.57 Å². The van der Waals surface area contributed by atoms with Gasteiger partial charge in [-0.05, 0) is 30.0 Å². The number of hydrogen-bond donors (Lipinski definition) is 1. The Labute approximate surface area is 161 Å². The van der Waals surface area contributed by atoms with E-state index in [1.54, 1.807) is 17.0 Å². The van der Waals surface area contributed by atoms with E-state index in [0.717, 1.165) is 43.9 Å². The van der Waals surface area contributed by atoms with Crippen molar-refractivity contribution in [2.75, 3.05) is 13.1 Å². The lowest BCUT2D eigenvalue weighted by Gasteiger charge is -2.41. The van der Waals surface area contributed by atoms with E-state index >= 15 is 0 Å². The minimum Gasteiger partial charge on any atom is -0.330 e. The van der Waals surface area contributed by atoms with Crippen LogP contribution in [0.3, 0.4) is 0 Å². The van der Waals surface area contributed by atoms with E-state index in [9.17, 15) is 9.18 Å². The number of rotatable bonds is 3. The Balaban J connectivity index is 1.56. The first-order valence-electron chi connectivity index (χ1n) is 9.53. The average Bonchev–Trinajstić information content (AvgIpc) is 3.16. The number of nitrogens with one attached hydrogen (secondary N) is 1. The van der Waals surface area contributed by atoms with E-state index in [2.05, 4.69) is 17.5 Å². The molecule has 2 aromatic heterocycles. The Morgan fingerprint density at radius 1 is 1.07 bits per heavy atom. The normalized spacial score (nSPS) is 23.8. The number of thiophene rings is 1. The third kappa shape index (κ3) is 3.05. The van der Waals surface area contributed by atoms with Crippen LogP contribution in [0.15, 0.2) is 58.7 Å². The van der Waals surface area contributed by atoms with Crippen LogP contribution >= 0.6 is 11.3 Å². The van der Waals surface area contributed by atoms with Crippen LogP contribution in [0.2, 0.25) is 0 Å². The number of halogens is 1. The van der Waals surface area contributed by atoms with E-state index in [1.807, 2.05) is 34.1 Å². The molecule has 4 heterocycles. The van der Waals surface area contributed by atoms with Gasteiger partial charge < -0.3 is 9.47 Å². The van der Waals surface area contributed by atoms with E-state index < -0.39 is 0 Å². The lowest BCUT2D eigenvalue weighted by molar-refractivity contribution is -0.924. The van der Waals surface area contributed by atoms with E-state index in [-0.39, 0.29) is 11.4 Å². The molecular formula is C22H22FN2OS+. The minimum atomic E-state index is -0.223. The van der Waals surface area contributed by atoms with Crippen LogP contribution in [-0.2, 0) is 13.1 Å². The summed E-state index contributed by atoms with van der Waals surface area (Å²) in [5.41, 5.74) is 2.56. The third-order valence-corrected chi connectivity index (χ3v) is 6.83. The summed E-state index contributed by atoms with van der Waals surface area (Å²) in [6.45, 7) is 3.89. The van der Waals surface area contributed by atoms with Gasteiger partial charge in [0.05, 0.1) is 18.0 Å². The molecule has 2 aliphatic heterocycles. The molecule has 3 aromatic rings. The average molecular weight is 381 g/mol. The predicted octanol–water partition coefficient (Wildman–Crippen LogP) is 2.92. The van der Waals surface area contributed by atoms with E-state index in [4.69, 9.17) is 0 Å². The van der Waals surface area contributed by atoms with Gasteiger partial charge in [-0.15, -0.1) is 11.3 Å². The number of benzene rings is 1. The monoisotopic (exact) mass is 381 g/mol. The van der Waals surface area contributed by atoms with Gasteiger partial charge in [-0.2, -0.15) is 0 Å². The van der Waals surface area contributed by atoms with Crippen LogP contribution < -0.4 is 10.5 Å². The molecule has 138 valence electrons. The molecule has 27 heavy (non-hydrogen) atoms. The van der Waals surface area contributed by atoms with Crippen molar-refractivity contribution in [3.63, 3.8) is 0 Å². The third-order valence-electron chi connectivity index (χ3n) is 5.95. The first-order valence-corrected chi connectivity index (χ1v) is 10.4. The summed E-state index contributed by atoms with van der Waals surface area (Å²) in [4.78, 5) is 15.5. The highest BCUT2D eigenvalue weighted by Gasteiger charge is 2.39. The number of hydrogen-bond acceptors (Lipinski definition) is 2. The SMILES string of the molecule is O=c1ccc(-c2ccccc2F)c2n1C[C@H]1C[C@@H]2C[NH+](Cc2cccs2)C1. The zero-order valence-electron chi connectivity index (χ0n) is 15.0. The van der Waals surface area contributed by atoms with Crippen LogP contribution in [0, 0.1) is 11.7 Å². The van der Waals surface area contributed by atoms with Crippen molar-refractivity contribution in [1.29, 1.82) is 0 Å². The number of aromatic nitrogens is 1. The summed E-state index contributed by atoms with van der Waals surface area (Å²) in [6.07, 6.45) is 1.10. The van der Waals surface area contributed by atoms with Crippen molar-refractivity contribution >= 4 is 11.3 Å². The van der Waals surface area contributed by atoms with Crippen molar-refractivity contribution in [3.8, 4) is 11.1 Å². The molecule has 1 N–H and O–H groups in total. The van der Waals surface area contributed by atoms with Crippen molar-refractivity contribution in [2.24, 2.45) is 5.92 Å². The van der Waals surface area contributed by atoms with Crippen molar-refractivity contribution in [2.45, 2.75) is 25.4 Å². The molecule has 5 heteroatoms. The highest BCUT2D eigenvalue weighted by atomic mass is 32.1. The molecule has 2 bridgehead atoms. The molecule has 0 saturated carbocycles. The lowest BCUT2D eigenvalue weighted by Crippen LogP contribution is -3.13.